The Kier molecular flexibility index (Phi) is 7.23. The topological polar surface area (TPSA) is 32.3 Å². The highest BCUT2D eigenvalue weighted by Crippen LogP contribution is 2.12. The number of nitrogens with one attached hydrogen (secondary N) is 1. The molecule has 0 radical (unpaired) electrons. The number of likely N-dealkylation sites (N-methyl/N-ethyl adjacent to an activating group) is 1. The van der Waals surface area contributed by atoms with Crippen LogP contribution in [0.3, 0.4) is 0 Å². The van der Waals surface area contributed by atoms with Gasteiger partial charge in [0.05, 0.1) is 12.6 Å². The zero-order chi connectivity index (χ0) is 15.0. The number of rotatable bonds is 8. The number of nitrogens with zero attached hydrogens (tertiary/aromatic N) is 1. The zero-order valence-corrected chi connectivity index (χ0v) is 12.7. The van der Waals surface area contributed by atoms with Gasteiger partial charge >= 0.3 is 0 Å². The molecule has 1 rings (SSSR count). The van der Waals surface area contributed by atoms with Crippen LogP contribution in [0.25, 0.3) is 0 Å². The smallest absolute Gasteiger partial charge is 0.234 e. The standard InChI is InChI=1S/C16H25FN2O/c1-4-6-11-19(5-2)12-16(20)18-13(3)14-7-9-15(17)10-8-14/h7-10,13H,4-6,11-12H2,1-3H3,(H,18,20). The first-order valence-corrected chi connectivity index (χ1v) is 7.34. The second-order valence-corrected chi connectivity index (χ2v) is 5.06. The van der Waals surface area contributed by atoms with Gasteiger partial charge in [-0.3, -0.25) is 9.69 Å². The lowest BCUT2D eigenvalue weighted by molar-refractivity contribution is -0.122. The maximum Gasteiger partial charge on any atom is 0.234 e. The summed E-state index contributed by atoms with van der Waals surface area (Å²) in [6.07, 6.45) is 2.23. The molecule has 0 aliphatic rings. The highest BCUT2D eigenvalue weighted by molar-refractivity contribution is 5.78. The van der Waals surface area contributed by atoms with Crippen LogP contribution in [0.1, 0.15) is 45.2 Å². The number of carbonyl (C=O) groups excluding carboxylic acids is 1. The predicted octanol–water partition coefficient (Wildman–Crippen LogP) is 3.12. The van der Waals surface area contributed by atoms with Crippen molar-refractivity contribution in [2.45, 2.75) is 39.7 Å². The summed E-state index contributed by atoms with van der Waals surface area (Å²) in [7, 11) is 0. The fraction of sp³-hybridized carbons (Fsp3) is 0.562. The number of unbranched alkanes of at least 4 members (excludes halogenated alkanes) is 1. The fourth-order valence-electron chi connectivity index (χ4n) is 2.06. The summed E-state index contributed by atoms with van der Waals surface area (Å²) in [5, 5.41) is 2.95. The van der Waals surface area contributed by atoms with Crippen LogP contribution in [0.2, 0.25) is 0 Å². The molecule has 1 aromatic carbocycles. The van der Waals surface area contributed by atoms with Gasteiger partial charge in [0, 0.05) is 0 Å². The van der Waals surface area contributed by atoms with Crippen LogP contribution in [0.4, 0.5) is 4.39 Å². The molecule has 0 aliphatic heterocycles. The van der Waals surface area contributed by atoms with E-state index in [-0.39, 0.29) is 17.8 Å². The minimum Gasteiger partial charge on any atom is -0.348 e. The molecule has 4 heteroatoms. The van der Waals surface area contributed by atoms with E-state index in [4.69, 9.17) is 0 Å². The lowest BCUT2D eigenvalue weighted by Gasteiger charge is -2.21. The first kappa shape index (κ1) is 16.6. The van der Waals surface area contributed by atoms with Crippen LogP contribution in [0, 0.1) is 5.82 Å². The van der Waals surface area contributed by atoms with Gasteiger partial charge in [-0.15, -0.1) is 0 Å². The third kappa shape index (κ3) is 5.70. The SMILES string of the molecule is CCCCN(CC)CC(=O)NC(C)c1ccc(F)cc1. The molecule has 0 aliphatic carbocycles. The van der Waals surface area contributed by atoms with Crippen molar-refractivity contribution in [1.29, 1.82) is 0 Å². The van der Waals surface area contributed by atoms with Gasteiger partial charge in [0.2, 0.25) is 5.91 Å². The lowest BCUT2D eigenvalue weighted by atomic mass is 10.1. The van der Waals surface area contributed by atoms with Gasteiger partial charge in [0.15, 0.2) is 0 Å². The summed E-state index contributed by atoms with van der Waals surface area (Å²) in [6.45, 7) is 8.36. The van der Waals surface area contributed by atoms with Gasteiger partial charge in [-0.2, -0.15) is 0 Å². The summed E-state index contributed by atoms with van der Waals surface area (Å²) in [5.41, 5.74) is 0.913. The van der Waals surface area contributed by atoms with Crippen LogP contribution in [0.15, 0.2) is 24.3 Å². The van der Waals surface area contributed by atoms with E-state index in [1.54, 1.807) is 12.1 Å². The Morgan fingerprint density at radius 2 is 1.95 bits per heavy atom. The molecule has 3 nitrogen and oxygen atoms in total. The average molecular weight is 280 g/mol. The number of hydrogen-bond donors (Lipinski definition) is 1. The van der Waals surface area contributed by atoms with Crippen LogP contribution in [-0.4, -0.2) is 30.4 Å². The summed E-state index contributed by atoms with van der Waals surface area (Å²) >= 11 is 0. The summed E-state index contributed by atoms with van der Waals surface area (Å²) in [5.74, 6) is -0.247. The Morgan fingerprint density at radius 1 is 1.30 bits per heavy atom. The molecule has 0 saturated carbocycles. The normalized spacial score (nSPS) is 12.4. The van der Waals surface area contributed by atoms with E-state index in [1.807, 2.05) is 6.92 Å². The fourth-order valence-corrected chi connectivity index (χ4v) is 2.06. The van der Waals surface area contributed by atoms with Crippen LogP contribution < -0.4 is 5.32 Å². The highest BCUT2D eigenvalue weighted by atomic mass is 19.1. The minimum absolute atomic E-state index is 0.0137. The van der Waals surface area contributed by atoms with Crippen molar-refractivity contribution in [3.05, 3.63) is 35.6 Å². The van der Waals surface area contributed by atoms with E-state index in [0.29, 0.717) is 6.54 Å². The van der Waals surface area contributed by atoms with Crippen molar-refractivity contribution in [2.24, 2.45) is 0 Å². The van der Waals surface area contributed by atoms with Crippen LogP contribution in [0.5, 0.6) is 0 Å². The molecule has 1 aromatic rings. The van der Waals surface area contributed by atoms with Gasteiger partial charge in [-0.25, -0.2) is 4.39 Å². The maximum atomic E-state index is 12.9. The Bertz CT molecular complexity index is 405. The van der Waals surface area contributed by atoms with E-state index in [0.717, 1.165) is 31.5 Å². The molecule has 0 aromatic heterocycles. The lowest BCUT2D eigenvalue weighted by Crippen LogP contribution is -2.38. The Balaban J connectivity index is 2.46. The molecule has 1 amide bonds. The first-order chi connectivity index (χ1) is 9.56. The van der Waals surface area contributed by atoms with Crippen molar-refractivity contribution in [1.82, 2.24) is 10.2 Å². The van der Waals surface area contributed by atoms with E-state index < -0.39 is 0 Å². The maximum absolute atomic E-state index is 12.9. The number of amides is 1. The van der Waals surface area contributed by atoms with Crippen LogP contribution in [-0.2, 0) is 4.79 Å². The van der Waals surface area contributed by atoms with Crippen molar-refractivity contribution < 1.29 is 9.18 Å². The molecule has 112 valence electrons. The zero-order valence-electron chi connectivity index (χ0n) is 12.7. The third-order valence-corrected chi connectivity index (χ3v) is 3.39. The third-order valence-electron chi connectivity index (χ3n) is 3.39. The molecule has 1 unspecified atom stereocenters. The highest BCUT2D eigenvalue weighted by Gasteiger charge is 2.12. The average Bonchev–Trinajstić information content (AvgIpc) is 2.43. The van der Waals surface area contributed by atoms with Crippen molar-refractivity contribution in [3.63, 3.8) is 0 Å². The molecule has 0 saturated heterocycles. The van der Waals surface area contributed by atoms with E-state index in [1.165, 1.54) is 12.1 Å². The first-order valence-electron chi connectivity index (χ1n) is 7.34. The van der Waals surface area contributed by atoms with E-state index >= 15 is 0 Å². The second-order valence-electron chi connectivity index (χ2n) is 5.06. The molecule has 0 spiro atoms. The van der Waals surface area contributed by atoms with Gasteiger partial charge in [0.1, 0.15) is 5.82 Å². The molecule has 1 N–H and O–H groups in total. The van der Waals surface area contributed by atoms with Crippen molar-refractivity contribution in [2.75, 3.05) is 19.6 Å². The van der Waals surface area contributed by atoms with Crippen molar-refractivity contribution >= 4 is 5.91 Å². The summed E-state index contributed by atoms with van der Waals surface area (Å²) in [6, 6.07) is 6.13. The second kappa shape index (κ2) is 8.69. The number of hydrogen-bond acceptors (Lipinski definition) is 2. The molecular weight excluding hydrogens is 255 g/mol. The number of benzene rings is 1. The largest absolute Gasteiger partial charge is 0.348 e. The molecule has 0 fully saturated rings. The molecule has 1 atom stereocenters. The van der Waals surface area contributed by atoms with Gasteiger partial charge < -0.3 is 5.32 Å². The van der Waals surface area contributed by atoms with Crippen LogP contribution >= 0.6 is 0 Å². The van der Waals surface area contributed by atoms with E-state index in [9.17, 15) is 9.18 Å². The molecule has 0 bridgehead atoms. The quantitative estimate of drug-likeness (QED) is 0.793. The Labute approximate surface area is 121 Å². The van der Waals surface area contributed by atoms with Gasteiger partial charge in [-0.05, 0) is 44.1 Å². The molecular formula is C16H25FN2O. The summed E-state index contributed by atoms with van der Waals surface area (Å²) < 4.78 is 12.9. The number of halogens is 1. The van der Waals surface area contributed by atoms with Gasteiger partial charge in [0.25, 0.3) is 0 Å². The number of carbonyl (C=O) groups is 1. The Hall–Kier alpha value is -1.42. The minimum atomic E-state index is -0.260. The van der Waals surface area contributed by atoms with E-state index in [2.05, 4.69) is 24.1 Å². The molecule has 20 heavy (non-hydrogen) atoms. The Morgan fingerprint density at radius 3 is 2.50 bits per heavy atom. The monoisotopic (exact) mass is 280 g/mol. The van der Waals surface area contributed by atoms with Gasteiger partial charge in [-0.1, -0.05) is 32.4 Å². The summed E-state index contributed by atoms with van der Waals surface area (Å²) in [4.78, 5) is 14.1. The van der Waals surface area contributed by atoms with Crippen molar-refractivity contribution in [3.8, 4) is 0 Å². The molecule has 0 heterocycles. The predicted molar refractivity (Wildman–Crippen MR) is 80.0 cm³/mol.